The van der Waals surface area contributed by atoms with E-state index in [1.807, 2.05) is 13.0 Å². The maximum Gasteiger partial charge on any atom is 0.276 e. The van der Waals surface area contributed by atoms with Crippen molar-refractivity contribution in [3.05, 3.63) is 69.9 Å². The molecule has 33 heavy (non-hydrogen) atoms. The van der Waals surface area contributed by atoms with E-state index in [9.17, 15) is 21.6 Å². The normalized spacial score (nSPS) is 14.0. The fraction of sp³-hybridized carbons (Fsp3) is 0.417. The van der Waals surface area contributed by atoms with Crippen LogP contribution in [0.1, 0.15) is 53.7 Å². The average Bonchev–Trinajstić information content (AvgIpc) is 2.70. The van der Waals surface area contributed by atoms with Crippen molar-refractivity contribution in [3.63, 3.8) is 0 Å². The van der Waals surface area contributed by atoms with Gasteiger partial charge in [-0.2, -0.15) is 4.57 Å². The zero-order chi connectivity index (χ0) is 25.0. The lowest BCUT2D eigenvalue weighted by Crippen LogP contribution is -2.41. The van der Waals surface area contributed by atoms with Gasteiger partial charge in [0.25, 0.3) is 11.5 Å². The Morgan fingerprint density at radius 1 is 0.970 bits per heavy atom. The van der Waals surface area contributed by atoms with E-state index < -0.39 is 35.1 Å². The van der Waals surface area contributed by atoms with E-state index in [4.69, 9.17) is 11.6 Å². The van der Waals surface area contributed by atoms with Gasteiger partial charge in [-0.05, 0) is 45.2 Å². The summed E-state index contributed by atoms with van der Waals surface area (Å²) >= 11 is 6.43. The minimum Gasteiger partial charge on any atom is -0.282 e. The van der Waals surface area contributed by atoms with Crippen LogP contribution in [0.3, 0.4) is 0 Å². The SMILES string of the molecule is CCCS(=O)(=O)/C(=C(\C(=O)c1ccc(C)cc1C)[n+]1cccc(C)c1)[C@@H](Cl)S(=O)(=O)CCC. The van der Waals surface area contributed by atoms with Crippen LogP contribution < -0.4 is 4.57 Å². The summed E-state index contributed by atoms with van der Waals surface area (Å²) in [4.78, 5) is 13.3. The summed E-state index contributed by atoms with van der Waals surface area (Å²) in [5.41, 5.74) is 2.38. The summed E-state index contributed by atoms with van der Waals surface area (Å²) in [6.45, 7) is 8.77. The number of allylic oxidation sites excluding steroid dienone is 1. The first-order valence-electron chi connectivity index (χ1n) is 10.8. The number of carbonyl (C=O) groups is 1. The number of pyridine rings is 1. The first-order valence-corrected chi connectivity index (χ1v) is 14.6. The molecule has 0 aliphatic rings. The minimum atomic E-state index is -4.18. The number of nitrogens with zero attached hydrogens (tertiary/aromatic N) is 1. The van der Waals surface area contributed by atoms with Gasteiger partial charge < -0.3 is 0 Å². The molecule has 1 aromatic heterocycles. The van der Waals surface area contributed by atoms with Gasteiger partial charge in [-0.15, -0.1) is 0 Å². The summed E-state index contributed by atoms with van der Waals surface area (Å²) in [6.07, 6.45) is 3.63. The Bertz CT molecular complexity index is 1280. The quantitative estimate of drug-likeness (QED) is 0.206. The van der Waals surface area contributed by atoms with Crippen molar-refractivity contribution in [1.82, 2.24) is 0 Å². The van der Waals surface area contributed by atoms with E-state index in [0.717, 1.165) is 11.1 Å². The topological polar surface area (TPSA) is 89.2 Å². The molecule has 9 heteroatoms. The van der Waals surface area contributed by atoms with Crippen molar-refractivity contribution >= 4 is 42.8 Å². The predicted octanol–water partition coefficient (Wildman–Crippen LogP) is 4.17. The zero-order valence-corrected chi connectivity index (χ0v) is 22.0. The van der Waals surface area contributed by atoms with Crippen LogP contribution in [0.2, 0.25) is 0 Å². The Balaban J connectivity index is 3.03. The third-order valence-corrected chi connectivity index (χ3v) is 10.3. The van der Waals surface area contributed by atoms with Crippen LogP contribution in [0.15, 0.2) is 47.6 Å². The molecule has 2 aromatic rings. The molecule has 0 aliphatic carbocycles. The lowest BCUT2D eigenvalue weighted by molar-refractivity contribution is -0.577. The summed E-state index contributed by atoms with van der Waals surface area (Å²) in [5, 5.41) is 0. The molecule has 0 N–H and O–H groups in total. The third-order valence-electron chi connectivity index (χ3n) is 5.10. The van der Waals surface area contributed by atoms with Crippen molar-refractivity contribution in [3.8, 4) is 0 Å². The van der Waals surface area contributed by atoms with E-state index in [0.29, 0.717) is 5.56 Å². The maximum absolute atomic E-state index is 13.9. The summed E-state index contributed by atoms with van der Waals surface area (Å²) in [6, 6.07) is 8.65. The van der Waals surface area contributed by atoms with Crippen molar-refractivity contribution < 1.29 is 26.2 Å². The fourth-order valence-corrected chi connectivity index (χ4v) is 8.01. The second kappa shape index (κ2) is 10.9. The molecule has 180 valence electrons. The summed E-state index contributed by atoms with van der Waals surface area (Å²) in [7, 11) is -8.22. The van der Waals surface area contributed by atoms with Crippen molar-refractivity contribution in [2.45, 2.75) is 52.2 Å². The van der Waals surface area contributed by atoms with E-state index in [1.165, 1.54) is 10.8 Å². The van der Waals surface area contributed by atoms with Crippen LogP contribution in [0, 0.1) is 20.8 Å². The molecule has 0 aliphatic heterocycles. The minimum absolute atomic E-state index is 0.243. The molecular formula is C24H31ClNO5S2+. The number of aromatic nitrogens is 1. The number of halogens is 1. The number of carbonyl (C=O) groups excluding carboxylic acids is 1. The number of alkyl halides is 1. The lowest BCUT2D eigenvalue weighted by Gasteiger charge is -2.17. The number of rotatable bonds is 10. The maximum atomic E-state index is 13.9. The monoisotopic (exact) mass is 512 g/mol. The second-order valence-electron chi connectivity index (χ2n) is 8.15. The molecule has 0 radical (unpaired) electrons. The molecule has 2 rings (SSSR count). The van der Waals surface area contributed by atoms with E-state index in [1.54, 1.807) is 58.2 Å². The molecule has 0 fully saturated rings. The highest BCUT2D eigenvalue weighted by Crippen LogP contribution is 2.30. The van der Waals surface area contributed by atoms with Gasteiger partial charge in [0.15, 0.2) is 41.7 Å². The molecule has 0 spiro atoms. The predicted molar refractivity (Wildman–Crippen MR) is 133 cm³/mol. The van der Waals surface area contributed by atoms with Crippen LogP contribution in [-0.4, -0.2) is 38.8 Å². The van der Waals surface area contributed by atoms with Gasteiger partial charge in [0.05, 0.1) is 11.5 Å². The van der Waals surface area contributed by atoms with Gasteiger partial charge in [0.2, 0.25) is 0 Å². The molecule has 0 amide bonds. The fourth-order valence-electron chi connectivity index (χ4n) is 3.61. The van der Waals surface area contributed by atoms with E-state index in [2.05, 4.69) is 0 Å². The summed E-state index contributed by atoms with van der Waals surface area (Å²) in [5.74, 6) is -1.23. The number of hydrogen-bond acceptors (Lipinski definition) is 5. The first-order chi connectivity index (χ1) is 15.4. The Kier molecular flexibility index (Phi) is 9.01. The molecule has 1 heterocycles. The Morgan fingerprint density at radius 3 is 2.15 bits per heavy atom. The number of aryl methyl sites for hydroxylation is 3. The van der Waals surface area contributed by atoms with Crippen LogP contribution in [0.4, 0.5) is 0 Å². The number of Topliss-reactive ketones (excluding diaryl/α,β-unsaturated/α-hetero) is 1. The van der Waals surface area contributed by atoms with Crippen LogP contribution in [0.5, 0.6) is 0 Å². The first kappa shape index (κ1) is 27.2. The number of ketones is 1. The van der Waals surface area contributed by atoms with Gasteiger partial charge >= 0.3 is 0 Å². The standard InChI is InChI=1S/C24H31ClNO5S2/c1-6-13-32(28,29)23(24(25)33(30,31)14-7-2)21(26-12-8-9-18(4)16-26)22(27)20-11-10-17(3)15-19(20)5/h8-12,15-16,24H,6-7,13-14H2,1-5H3/q+1/b23-21+/t24-/m0/s1. The molecule has 0 saturated heterocycles. The third kappa shape index (κ3) is 6.31. The largest absolute Gasteiger partial charge is 0.282 e. The van der Waals surface area contributed by atoms with Gasteiger partial charge in [-0.1, -0.05) is 49.2 Å². The molecule has 0 unspecified atom stereocenters. The second-order valence-corrected chi connectivity index (χ2v) is 13.1. The van der Waals surface area contributed by atoms with E-state index in [-0.39, 0.29) is 35.6 Å². The van der Waals surface area contributed by atoms with Gasteiger partial charge in [-0.3, -0.25) is 4.79 Å². The average molecular weight is 513 g/mol. The number of sulfone groups is 2. The smallest absolute Gasteiger partial charge is 0.276 e. The Labute approximate surface area is 202 Å². The highest BCUT2D eigenvalue weighted by molar-refractivity contribution is 7.99. The Morgan fingerprint density at radius 2 is 1.61 bits per heavy atom. The van der Waals surface area contributed by atoms with Crippen molar-refractivity contribution in [1.29, 1.82) is 0 Å². The zero-order valence-electron chi connectivity index (χ0n) is 19.6. The van der Waals surface area contributed by atoms with Crippen LogP contribution in [-0.2, 0) is 19.7 Å². The van der Waals surface area contributed by atoms with Crippen LogP contribution in [0.25, 0.3) is 5.70 Å². The Hall–Kier alpha value is -2.03. The lowest BCUT2D eigenvalue weighted by atomic mass is 10.00. The number of benzene rings is 1. The summed E-state index contributed by atoms with van der Waals surface area (Å²) < 4.78 is 52.2. The van der Waals surface area contributed by atoms with Crippen molar-refractivity contribution in [2.75, 3.05) is 11.5 Å². The van der Waals surface area contributed by atoms with E-state index >= 15 is 0 Å². The van der Waals surface area contributed by atoms with Crippen LogP contribution >= 0.6 is 11.6 Å². The molecule has 0 saturated carbocycles. The van der Waals surface area contributed by atoms with Gasteiger partial charge in [0.1, 0.15) is 0 Å². The molecule has 1 aromatic carbocycles. The molecular weight excluding hydrogens is 482 g/mol. The molecule has 0 bridgehead atoms. The van der Waals surface area contributed by atoms with Gasteiger partial charge in [-0.25, -0.2) is 16.8 Å². The molecule has 1 atom stereocenters. The van der Waals surface area contributed by atoms with Crippen molar-refractivity contribution in [2.24, 2.45) is 0 Å². The number of hydrogen-bond donors (Lipinski definition) is 0. The van der Waals surface area contributed by atoms with Gasteiger partial charge in [0, 0.05) is 17.2 Å². The highest BCUT2D eigenvalue weighted by atomic mass is 35.5. The highest BCUT2D eigenvalue weighted by Gasteiger charge is 2.43. The molecule has 6 nitrogen and oxygen atoms in total.